The van der Waals surface area contributed by atoms with E-state index in [-0.39, 0.29) is 17.9 Å². The summed E-state index contributed by atoms with van der Waals surface area (Å²) in [5.74, 6) is 0.129. The number of piperidine rings is 1. The summed E-state index contributed by atoms with van der Waals surface area (Å²) in [5.41, 5.74) is 0. The van der Waals surface area contributed by atoms with Gasteiger partial charge in [-0.05, 0) is 25.8 Å². The Morgan fingerprint density at radius 1 is 1.35 bits per heavy atom. The van der Waals surface area contributed by atoms with Gasteiger partial charge in [-0.2, -0.15) is 0 Å². The van der Waals surface area contributed by atoms with Gasteiger partial charge in [-0.25, -0.2) is 0 Å². The Hall–Kier alpha value is -1.14. The Bertz CT molecular complexity index is 310. The van der Waals surface area contributed by atoms with E-state index in [1.165, 1.54) is 0 Å². The van der Waals surface area contributed by atoms with E-state index in [1.807, 2.05) is 6.92 Å². The first-order valence-corrected chi connectivity index (χ1v) is 7.43. The highest BCUT2D eigenvalue weighted by molar-refractivity contribution is 5.78. The molecular formula is C14H27N3O3. The second kappa shape index (κ2) is 9.72. The van der Waals surface area contributed by atoms with Crippen LogP contribution in [0.4, 0.5) is 0 Å². The van der Waals surface area contributed by atoms with Crippen LogP contribution in [0.2, 0.25) is 0 Å². The predicted octanol–water partition coefficient (Wildman–Crippen LogP) is 0.130. The van der Waals surface area contributed by atoms with Gasteiger partial charge in [0, 0.05) is 39.3 Å². The highest BCUT2D eigenvalue weighted by Gasteiger charge is 2.22. The standard InChI is InChI=1S/C14H27N3O3/c1-3-13(18)16-12-6-4-8-17(10-12)11-14(19)15-7-5-9-20-2/h12H,3-11H2,1-2H3,(H,15,19)(H,16,18). The molecule has 6 heteroatoms. The molecule has 2 N–H and O–H groups in total. The van der Waals surface area contributed by atoms with Crippen LogP contribution in [0.15, 0.2) is 0 Å². The zero-order valence-corrected chi connectivity index (χ0v) is 12.6. The molecule has 0 radical (unpaired) electrons. The van der Waals surface area contributed by atoms with Gasteiger partial charge in [0.25, 0.3) is 0 Å². The first-order chi connectivity index (χ1) is 9.65. The second-order valence-electron chi connectivity index (χ2n) is 5.19. The van der Waals surface area contributed by atoms with Gasteiger partial charge >= 0.3 is 0 Å². The fraction of sp³-hybridized carbons (Fsp3) is 0.857. The molecule has 1 aliphatic heterocycles. The Kier molecular flexibility index (Phi) is 8.22. The van der Waals surface area contributed by atoms with Crippen LogP contribution in [0.3, 0.4) is 0 Å². The van der Waals surface area contributed by atoms with E-state index in [9.17, 15) is 9.59 Å². The van der Waals surface area contributed by atoms with Crippen LogP contribution in [0.1, 0.15) is 32.6 Å². The molecule has 0 spiro atoms. The summed E-state index contributed by atoms with van der Waals surface area (Å²) in [6.07, 6.45) is 3.36. The molecule has 0 aromatic heterocycles. The number of hydrogen-bond donors (Lipinski definition) is 2. The smallest absolute Gasteiger partial charge is 0.234 e. The van der Waals surface area contributed by atoms with Crippen molar-refractivity contribution in [2.24, 2.45) is 0 Å². The zero-order valence-electron chi connectivity index (χ0n) is 12.6. The molecule has 0 aliphatic carbocycles. The molecule has 1 heterocycles. The van der Waals surface area contributed by atoms with Gasteiger partial charge in [-0.3, -0.25) is 14.5 Å². The molecule has 1 unspecified atom stereocenters. The normalized spacial score (nSPS) is 19.6. The lowest BCUT2D eigenvalue weighted by Gasteiger charge is -2.32. The maximum atomic E-state index is 11.8. The number of ether oxygens (including phenoxy) is 1. The lowest BCUT2D eigenvalue weighted by atomic mass is 10.1. The number of carbonyl (C=O) groups excluding carboxylic acids is 2. The minimum atomic E-state index is 0.0450. The van der Waals surface area contributed by atoms with E-state index < -0.39 is 0 Å². The molecule has 0 saturated carbocycles. The molecule has 1 aliphatic rings. The fourth-order valence-corrected chi connectivity index (χ4v) is 2.35. The van der Waals surface area contributed by atoms with Crippen molar-refractivity contribution in [1.29, 1.82) is 0 Å². The van der Waals surface area contributed by atoms with E-state index in [4.69, 9.17) is 4.74 Å². The summed E-state index contributed by atoms with van der Waals surface area (Å²) in [7, 11) is 1.65. The first-order valence-electron chi connectivity index (χ1n) is 7.43. The van der Waals surface area contributed by atoms with Crippen LogP contribution in [0.25, 0.3) is 0 Å². The molecule has 6 nitrogen and oxygen atoms in total. The zero-order chi connectivity index (χ0) is 14.8. The van der Waals surface area contributed by atoms with Crippen LogP contribution in [-0.4, -0.2) is 62.7 Å². The van der Waals surface area contributed by atoms with Gasteiger partial charge in [0.1, 0.15) is 0 Å². The number of methoxy groups -OCH3 is 1. The van der Waals surface area contributed by atoms with E-state index >= 15 is 0 Å². The topological polar surface area (TPSA) is 70.7 Å². The van der Waals surface area contributed by atoms with E-state index in [2.05, 4.69) is 15.5 Å². The van der Waals surface area contributed by atoms with E-state index in [0.29, 0.717) is 26.1 Å². The highest BCUT2D eigenvalue weighted by atomic mass is 16.5. The SMILES string of the molecule is CCC(=O)NC1CCCN(CC(=O)NCCCOC)C1. The van der Waals surface area contributed by atoms with Gasteiger partial charge < -0.3 is 15.4 Å². The van der Waals surface area contributed by atoms with Crippen molar-refractivity contribution in [2.45, 2.75) is 38.6 Å². The Labute approximate surface area is 121 Å². The second-order valence-corrected chi connectivity index (χ2v) is 5.19. The van der Waals surface area contributed by atoms with Crippen molar-refractivity contribution >= 4 is 11.8 Å². The van der Waals surface area contributed by atoms with Crippen LogP contribution in [0, 0.1) is 0 Å². The van der Waals surface area contributed by atoms with Crippen molar-refractivity contribution in [3.63, 3.8) is 0 Å². The number of amides is 2. The maximum absolute atomic E-state index is 11.8. The Balaban J connectivity index is 2.22. The van der Waals surface area contributed by atoms with Crippen LogP contribution in [-0.2, 0) is 14.3 Å². The molecular weight excluding hydrogens is 258 g/mol. The van der Waals surface area contributed by atoms with E-state index in [0.717, 1.165) is 32.4 Å². The van der Waals surface area contributed by atoms with E-state index in [1.54, 1.807) is 7.11 Å². The van der Waals surface area contributed by atoms with Crippen molar-refractivity contribution in [1.82, 2.24) is 15.5 Å². The van der Waals surface area contributed by atoms with Gasteiger partial charge in [-0.1, -0.05) is 6.92 Å². The molecule has 0 bridgehead atoms. The summed E-state index contributed by atoms with van der Waals surface area (Å²) in [5, 5.41) is 5.89. The molecule has 1 atom stereocenters. The fourth-order valence-electron chi connectivity index (χ4n) is 2.35. The molecule has 116 valence electrons. The third kappa shape index (κ3) is 6.86. The minimum Gasteiger partial charge on any atom is -0.385 e. The van der Waals surface area contributed by atoms with Crippen molar-refractivity contribution in [2.75, 3.05) is 39.9 Å². The number of likely N-dealkylation sites (tertiary alicyclic amines) is 1. The molecule has 1 fully saturated rings. The summed E-state index contributed by atoms with van der Waals surface area (Å²) in [6.45, 7) is 5.25. The molecule has 2 amide bonds. The maximum Gasteiger partial charge on any atom is 0.234 e. The predicted molar refractivity (Wildman–Crippen MR) is 77.4 cm³/mol. The molecule has 0 aromatic carbocycles. The van der Waals surface area contributed by atoms with Gasteiger partial charge in [0.15, 0.2) is 0 Å². The van der Waals surface area contributed by atoms with Gasteiger partial charge in [-0.15, -0.1) is 0 Å². The molecule has 1 saturated heterocycles. The first kappa shape index (κ1) is 16.9. The number of carbonyl (C=O) groups is 2. The number of hydrogen-bond acceptors (Lipinski definition) is 4. The summed E-state index contributed by atoms with van der Waals surface area (Å²) in [4.78, 5) is 25.3. The van der Waals surface area contributed by atoms with Crippen LogP contribution in [0.5, 0.6) is 0 Å². The number of nitrogens with zero attached hydrogens (tertiary/aromatic N) is 1. The lowest BCUT2D eigenvalue weighted by Crippen LogP contribution is -2.50. The number of rotatable bonds is 8. The summed E-state index contributed by atoms with van der Waals surface area (Å²) < 4.78 is 4.93. The minimum absolute atomic E-state index is 0.0450. The van der Waals surface area contributed by atoms with Crippen molar-refractivity contribution in [3.05, 3.63) is 0 Å². The largest absolute Gasteiger partial charge is 0.385 e. The van der Waals surface area contributed by atoms with Crippen LogP contribution >= 0.6 is 0 Å². The third-order valence-electron chi connectivity index (χ3n) is 3.41. The molecule has 0 aromatic rings. The number of nitrogens with one attached hydrogen (secondary N) is 2. The Morgan fingerprint density at radius 3 is 2.85 bits per heavy atom. The highest BCUT2D eigenvalue weighted by Crippen LogP contribution is 2.09. The summed E-state index contributed by atoms with van der Waals surface area (Å²) in [6, 6.07) is 0.178. The third-order valence-corrected chi connectivity index (χ3v) is 3.41. The monoisotopic (exact) mass is 285 g/mol. The van der Waals surface area contributed by atoms with Crippen LogP contribution < -0.4 is 10.6 Å². The average Bonchev–Trinajstić information content (AvgIpc) is 2.44. The van der Waals surface area contributed by atoms with Gasteiger partial charge in [0.2, 0.25) is 11.8 Å². The average molecular weight is 285 g/mol. The van der Waals surface area contributed by atoms with Crippen molar-refractivity contribution < 1.29 is 14.3 Å². The molecule has 20 heavy (non-hydrogen) atoms. The Morgan fingerprint density at radius 2 is 2.15 bits per heavy atom. The summed E-state index contributed by atoms with van der Waals surface area (Å²) >= 11 is 0. The quantitative estimate of drug-likeness (QED) is 0.622. The lowest BCUT2D eigenvalue weighted by molar-refractivity contribution is -0.122. The van der Waals surface area contributed by atoms with Gasteiger partial charge in [0.05, 0.1) is 6.54 Å². The molecule has 1 rings (SSSR count). The van der Waals surface area contributed by atoms with Crippen molar-refractivity contribution in [3.8, 4) is 0 Å².